The smallest absolute Gasteiger partial charge is 0.318 e. The molecule has 1 aromatic heterocycles. The van der Waals surface area contributed by atoms with E-state index in [-0.39, 0.29) is 17.6 Å². The van der Waals surface area contributed by atoms with Gasteiger partial charge in [0.1, 0.15) is 0 Å². The van der Waals surface area contributed by atoms with E-state index in [1.165, 1.54) is 0 Å². The van der Waals surface area contributed by atoms with Gasteiger partial charge in [-0.1, -0.05) is 37.7 Å². The number of amides is 3. The van der Waals surface area contributed by atoms with Crippen LogP contribution in [0.1, 0.15) is 34.1 Å². The zero-order valence-electron chi connectivity index (χ0n) is 17.2. The Morgan fingerprint density at radius 1 is 1.24 bits per heavy atom. The highest BCUT2D eigenvalue weighted by atomic mass is 32.2. The molecule has 1 atom stereocenters. The minimum absolute atomic E-state index is 0.109. The molecule has 0 bridgehead atoms. The molecule has 0 saturated heterocycles. The van der Waals surface area contributed by atoms with Gasteiger partial charge < -0.3 is 10.5 Å². The number of nitrogens with zero attached hydrogens (tertiary/aromatic N) is 2. The average molecular weight is 421 g/mol. The van der Waals surface area contributed by atoms with E-state index in [9.17, 15) is 14.4 Å². The molecular formula is C20H28N4O4S. The first-order chi connectivity index (χ1) is 13.7. The van der Waals surface area contributed by atoms with Crippen molar-refractivity contribution in [3.8, 4) is 0 Å². The fraction of sp³-hybridized carbons (Fsp3) is 0.500. The second kappa shape index (κ2) is 10.4. The zero-order chi connectivity index (χ0) is 21.6. The van der Waals surface area contributed by atoms with Gasteiger partial charge in [0.25, 0.3) is 5.56 Å². The van der Waals surface area contributed by atoms with Gasteiger partial charge in [0, 0.05) is 13.2 Å². The summed E-state index contributed by atoms with van der Waals surface area (Å²) in [6.07, 6.45) is 0.740. The van der Waals surface area contributed by atoms with Gasteiger partial charge in [0.05, 0.1) is 22.3 Å². The number of rotatable bonds is 9. The fourth-order valence-corrected chi connectivity index (χ4v) is 3.89. The second-order valence-electron chi connectivity index (χ2n) is 7.28. The summed E-state index contributed by atoms with van der Waals surface area (Å²) >= 11 is 1.16. The molecule has 8 nitrogen and oxygen atoms in total. The van der Waals surface area contributed by atoms with Gasteiger partial charge in [-0.15, -0.1) is 0 Å². The maximum absolute atomic E-state index is 13.1. The monoisotopic (exact) mass is 420 g/mol. The van der Waals surface area contributed by atoms with Crippen LogP contribution in [0.15, 0.2) is 34.2 Å². The normalized spacial score (nSPS) is 12.5. The largest absolute Gasteiger partial charge is 0.379 e. The van der Waals surface area contributed by atoms with E-state index in [1.54, 1.807) is 22.8 Å². The molecule has 0 spiro atoms. The van der Waals surface area contributed by atoms with Gasteiger partial charge in [0.15, 0.2) is 5.16 Å². The highest BCUT2D eigenvalue weighted by Crippen LogP contribution is 2.27. The zero-order valence-corrected chi connectivity index (χ0v) is 18.0. The summed E-state index contributed by atoms with van der Waals surface area (Å²) in [5.74, 6) is -0.616. The van der Waals surface area contributed by atoms with Crippen molar-refractivity contribution in [2.24, 2.45) is 11.7 Å². The molecule has 29 heavy (non-hydrogen) atoms. The third-order valence-corrected chi connectivity index (χ3v) is 5.68. The summed E-state index contributed by atoms with van der Waals surface area (Å²) in [4.78, 5) is 41.2. The number of aromatic nitrogens is 2. The van der Waals surface area contributed by atoms with Crippen LogP contribution in [0, 0.1) is 5.92 Å². The first-order valence-corrected chi connectivity index (χ1v) is 10.5. The van der Waals surface area contributed by atoms with Gasteiger partial charge in [-0.2, -0.15) is 0 Å². The van der Waals surface area contributed by atoms with Gasteiger partial charge in [-0.25, -0.2) is 9.78 Å². The minimum atomic E-state index is -0.907. The van der Waals surface area contributed by atoms with Crippen LogP contribution in [0.4, 0.5) is 4.79 Å². The number of primary amides is 1. The Balaban J connectivity index is 2.40. The number of carbonyl (C=O) groups is 2. The number of benzene rings is 1. The maximum Gasteiger partial charge on any atom is 0.318 e. The van der Waals surface area contributed by atoms with Crippen LogP contribution < -0.4 is 16.6 Å². The van der Waals surface area contributed by atoms with Gasteiger partial charge in [0.2, 0.25) is 5.91 Å². The molecule has 1 heterocycles. The first-order valence-electron chi connectivity index (χ1n) is 9.58. The lowest BCUT2D eigenvalue weighted by Gasteiger charge is -2.21. The van der Waals surface area contributed by atoms with Crippen molar-refractivity contribution in [2.45, 2.75) is 57.2 Å². The van der Waals surface area contributed by atoms with E-state index in [2.05, 4.69) is 10.3 Å². The topological polar surface area (TPSA) is 116 Å². The predicted molar refractivity (Wildman–Crippen MR) is 114 cm³/mol. The van der Waals surface area contributed by atoms with Crippen LogP contribution in [0.3, 0.4) is 0 Å². The van der Waals surface area contributed by atoms with E-state index >= 15 is 0 Å². The molecule has 0 fully saturated rings. The molecule has 2 rings (SSSR count). The summed E-state index contributed by atoms with van der Waals surface area (Å²) in [5, 5.41) is 2.44. The number of para-hydroxylation sites is 1. The number of carbonyl (C=O) groups excluding carboxylic acids is 2. The molecule has 1 unspecified atom stereocenters. The Kier molecular flexibility index (Phi) is 8.21. The molecule has 0 saturated carbocycles. The number of urea groups is 1. The Labute approximate surface area is 174 Å². The Hall–Kier alpha value is -2.39. The third kappa shape index (κ3) is 6.30. The van der Waals surface area contributed by atoms with Crippen molar-refractivity contribution >= 4 is 34.6 Å². The van der Waals surface area contributed by atoms with E-state index in [0.717, 1.165) is 11.8 Å². The molecule has 0 aliphatic heterocycles. The summed E-state index contributed by atoms with van der Waals surface area (Å²) in [6, 6.07) is 6.20. The minimum Gasteiger partial charge on any atom is -0.379 e. The number of thioether (sulfide) groups is 1. The number of ether oxygens (including phenoxy) is 1. The number of nitrogens with one attached hydrogen (secondary N) is 1. The summed E-state index contributed by atoms with van der Waals surface area (Å²) in [7, 11) is 0. The van der Waals surface area contributed by atoms with Crippen LogP contribution in [0.5, 0.6) is 0 Å². The van der Waals surface area contributed by atoms with Crippen molar-refractivity contribution in [1.82, 2.24) is 14.9 Å². The molecule has 3 N–H and O–H groups in total. The van der Waals surface area contributed by atoms with Gasteiger partial charge in [-0.05, 0) is 38.3 Å². The lowest BCUT2D eigenvalue weighted by Crippen LogP contribution is -2.42. The predicted octanol–water partition coefficient (Wildman–Crippen LogP) is 2.52. The van der Waals surface area contributed by atoms with Crippen molar-refractivity contribution in [1.29, 1.82) is 0 Å². The third-order valence-electron chi connectivity index (χ3n) is 4.15. The van der Waals surface area contributed by atoms with Crippen molar-refractivity contribution in [3.63, 3.8) is 0 Å². The van der Waals surface area contributed by atoms with Crippen molar-refractivity contribution in [3.05, 3.63) is 34.6 Å². The standard InChI is InChI=1S/C20H28N4O4S/c1-12(2)16(17(25)23-19(21)27)29-20-22-15-9-6-5-8-14(15)18(26)24(20)10-7-11-28-13(3)4/h5-6,8-9,12-13,16H,7,10-11H2,1-4H3,(H3,21,23,25,27). The quantitative estimate of drug-likeness (QED) is 0.366. The highest BCUT2D eigenvalue weighted by molar-refractivity contribution is 8.00. The molecule has 0 aliphatic carbocycles. The van der Waals surface area contributed by atoms with Crippen LogP contribution in [0.25, 0.3) is 10.9 Å². The SMILES string of the molecule is CC(C)OCCCn1c(SC(C(=O)NC(N)=O)C(C)C)nc2ccccc2c1=O. The summed E-state index contributed by atoms with van der Waals surface area (Å²) in [5.41, 5.74) is 5.49. The molecule has 1 aromatic carbocycles. The van der Waals surface area contributed by atoms with Crippen LogP contribution in [0.2, 0.25) is 0 Å². The van der Waals surface area contributed by atoms with Crippen molar-refractivity contribution < 1.29 is 14.3 Å². The van der Waals surface area contributed by atoms with Gasteiger partial charge in [-0.3, -0.25) is 19.5 Å². The molecule has 9 heteroatoms. The van der Waals surface area contributed by atoms with Gasteiger partial charge >= 0.3 is 6.03 Å². The Morgan fingerprint density at radius 3 is 2.55 bits per heavy atom. The summed E-state index contributed by atoms with van der Waals surface area (Å²) in [6.45, 7) is 8.55. The number of hydrogen-bond donors (Lipinski definition) is 2. The average Bonchev–Trinajstić information content (AvgIpc) is 2.63. The first kappa shape index (κ1) is 22.9. The highest BCUT2D eigenvalue weighted by Gasteiger charge is 2.27. The second-order valence-corrected chi connectivity index (χ2v) is 8.39. The molecular weight excluding hydrogens is 392 g/mol. The lowest BCUT2D eigenvalue weighted by molar-refractivity contribution is -0.120. The number of hydrogen-bond acceptors (Lipinski definition) is 6. The summed E-state index contributed by atoms with van der Waals surface area (Å²) < 4.78 is 7.15. The molecule has 158 valence electrons. The molecule has 3 amide bonds. The molecule has 0 radical (unpaired) electrons. The van der Waals surface area contributed by atoms with E-state index in [0.29, 0.717) is 35.6 Å². The molecule has 0 aliphatic rings. The van der Waals surface area contributed by atoms with Crippen LogP contribution in [-0.4, -0.2) is 39.5 Å². The van der Waals surface area contributed by atoms with Crippen LogP contribution in [-0.2, 0) is 16.1 Å². The Morgan fingerprint density at radius 2 is 1.93 bits per heavy atom. The van der Waals surface area contributed by atoms with Crippen LogP contribution >= 0.6 is 11.8 Å². The Bertz CT molecular complexity index is 926. The molecule has 2 aromatic rings. The maximum atomic E-state index is 13.1. The number of nitrogens with two attached hydrogens (primary N) is 1. The van der Waals surface area contributed by atoms with E-state index in [4.69, 9.17) is 10.5 Å². The lowest BCUT2D eigenvalue weighted by atomic mass is 10.1. The number of fused-ring (bicyclic) bond motifs is 1. The number of imide groups is 1. The van der Waals surface area contributed by atoms with E-state index < -0.39 is 17.2 Å². The van der Waals surface area contributed by atoms with E-state index in [1.807, 2.05) is 33.8 Å². The fourth-order valence-electron chi connectivity index (χ4n) is 2.77. The van der Waals surface area contributed by atoms with Crippen molar-refractivity contribution in [2.75, 3.05) is 6.61 Å².